The number of rotatable bonds is 12. The Hall–Kier alpha value is -13.4. The average molecular weight is 1280 g/mol. The topological polar surface area (TPSA) is 77.3 Å². The number of pyridine rings is 2. The van der Waals surface area contributed by atoms with Gasteiger partial charge in [0.05, 0.1) is 22.8 Å². The van der Waals surface area contributed by atoms with Crippen molar-refractivity contribution in [1.29, 1.82) is 0 Å². The van der Waals surface area contributed by atoms with Gasteiger partial charge in [0.1, 0.15) is 0 Å². The second-order valence-electron chi connectivity index (χ2n) is 25.0. The van der Waals surface area contributed by atoms with Gasteiger partial charge in [0, 0.05) is 58.2 Å². The molecule has 468 valence electrons. The molecule has 6 nitrogen and oxygen atoms in total. The summed E-state index contributed by atoms with van der Waals surface area (Å²) in [6.07, 6.45) is 7.37. The van der Waals surface area contributed by atoms with Crippen molar-refractivity contribution >= 4 is 43.1 Å². The van der Waals surface area contributed by atoms with Crippen LogP contribution in [0.25, 0.3) is 178 Å². The summed E-state index contributed by atoms with van der Waals surface area (Å²) < 4.78 is 0. The summed E-state index contributed by atoms with van der Waals surface area (Å²) in [5.41, 5.74) is 23.3. The maximum absolute atomic E-state index is 5.19. The summed E-state index contributed by atoms with van der Waals surface area (Å²) in [6.45, 7) is 0. The van der Waals surface area contributed by atoms with E-state index in [2.05, 4.69) is 338 Å². The summed E-state index contributed by atoms with van der Waals surface area (Å²) in [4.78, 5) is 29.3. The number of hydrogen-bond donors (Lipinski definition) is 0. The van der Waals surface area contributed by atoms with Gasteiger partial charge in [-0.25, -0.2) is 19.9 Å². The molecule has 0 aliphatic carbocycles. The molecular formula is C94H62N6. The molecule has 0 spiro atoms. The SMILES string of the molecule is c1ccc(-c2cccc(-c3cc(-c4ccc(-c5cccnc5)cc4)nc(-c4ccc(-c5ccc6c7ccccc7c7ccccc7c6c5)cc4)n3)c2)cc1.c1ccc(-c2cccc(-c3cc(-c4ccc(-c5cccnc5)cc4)nc(-c4cccc(-c5cccc6ccccc56)c4)n3)c2)cc1. The lowest BCUT2D eigenvalue weighted by Crippen LogP contribution is -1.96. The zero-order chi connectivity index (χ0) is 66.6. The molecule has 0 radical (unpaired) electrons. The molecule has 14 aromatic carbocycles. The molecule has 4 aromatic heterocycles. The first-order valence-electron chi connectivity index (χ1n) is 33.7. The quantitative estimate of drug-likeness (QED) is 0.113. The fraction of sp³-hybridized carbons (Fsp3) is 0. The number of aromatic nitrogens is 6. The van der Waals surface area contributed by atoms with Gasteiger partial charge in [-0.3, -0.25) is 9.97 Å². The normalized spacial score (nSPS) is 11.2. The Bertz CT molecular complexity index is 5940. The summed E-state index contributed by atoms with van der Waals surface area (Å²) >= 11 is 0. The molecule has 0 unspecified atom stereocenters. The maximum Gasteiger partial charge on any atom is 0.160 e. The number of nitrogens with zero attached hydrogens (tertiary/aromatic N) is 6. The van der Waals surface area contributed by atoms with Crippen LogP contribution in [0, 0.1) is 0 Å². The molecule has 0 atom stereocenters. The molecule has 0 fully saturated rings. The summed E-state index contributed by atoms with van der Waals surface area (Å²) in [5.74, 6) is 1.38. The van der Waals surface area contributed by atoms with Crippen molar-refractivity contribution in [2.75, 3.05) is 0 Å². The number of benzene rings is 14. The number of fused-ring (bicyclic) bond motifs is 7. The van der Waals surface area contributed by atoms with Gasteiger partial charge in [-0.15, -0.1) is 0 Å². The highest BCUT2D eigenvalue weighted by molar-refractivity contribution is 6.25. The van der Waals surface area contributed by atoms with E-state index in [1.807, 2.05) is 36.7 Å². The molecule has 0 bridgehead atoms. The third kappa shape index (κ3) is 12.4. The second kappa shape index (κ2) is 27.0. The fourth-order valence-corrected chi connectivity index (χ4v) is 13.7. The Morgan fingerprint density at radius 2 is 0.480 bits per heavy atom. The lowest BCUT2D eigenvalue weighted by atomic mass is 9.92. The van der Waals surface area contributed by atoms with Gasteiger partial charge in [-0.1, -0.05) is 303 Å². The largest absolute Gasteiger partial charge is 0.264 e. The molecule has 100 heavy (non-hydrogen) atoms. The van der Waals surface area contributed by atoms with E-state index in [1.54, 1.807) is 12.4 Å². The third-order valence-electron chi connectivity index (χ3n) is 18.8. The predicted octanol–water partition coefficient (Wildman–Crippen LogP) is 24.4. The lowest BCUT2D eigenvalue weighted by molar-refractivity contribution is 1.18. The van der Waals surface area contributed by atoms with Crippen LogP contribution in [0.4, 0.5) is 0 Å². The van der Waals surface area contributed by atoms with E-state index in [1.165, 1.54) is 65.3 Å². The van der Waals surface area contributed by atoms with Crippen molar-refractivity contribution in [3.8, 4) is 135 Å². The van der Waals surface area contributed by atoms with Crippen LogP contribution in [-0.2, 0) is 0 Å². The van der Waals surface area contributed by atoms with Crippen LogP contribution in [0.15, 0.2) is 377 Å². The van der Waals surface area contributed by atoms with Gasteiger partial charge in [-0.2, -0.15) is 0 Å². The highest BCUT2D eigenvalue weighted by Gasteiger charge is 2.17. The molecule has 0 amide bonds. The zero-order valence-corrected chi connectivity index (χ0v) is 54.5. The third-order valence-corrected chi connectivity index (χ3v) is 18.8. The standard InChI is InChI=1S/C51H33N3.C43H29N3/c1-2-10-34(11-3-1)39-12-8-13-41(30-39)50-32-49(37-23-19-36(20-24-37)42-14-9-29-52-33-42)53-51(54-50)38-25-21-35(22-26-38)40-27-28-47-45-17-5-4-15-43(45)44-16-6-7-18-46(44)48(47)31-40;1-2-10-30(11-3-1)34-14-6-16-36(26-34)42-28-41(33-23-21-31(22-24-33)38-18-9-25-44-29-38)45-43(46-42)37-17-7-15-35(27-37)40-20-8-13-32-12-4-5-19-39(32)40/h1-33H;1-29H. The van der Waals surface area contributed by atoms with Gasteiger partial charge in [0.25, 0.3) is 0 Å². The van der Waals surface area contributed by atoms with E-state index in [9.17, 15) is 0 Å². The summed E-state index contributed by atoms with van der Waals surface area (Å²) in [6, 6.07) is 124. The Labute approximate surface area is 580 Å². The Morgan fingerprint density at radius 3 is 0.990 bits per heavy atom. The Balaban J connectivity index is 0.000000152. The Morgan fingerprint density at radius 1 is 0.160 bits per heavy atom. The first-order valence-corrected chi connectivity index (χ1v) is 33.7. The number of hydrogen-bond acceptors (Lipinski definition) is 6. The van der Waals surface area contributed by atoms with Gasteiger partial charge >= 0.3 is 0 Å². The minimum absolute atomic E-state index is 0.687. The van der Waals surface area contributed by atoms with E-state index in [-0.39, 0.29) is 0 Å². The molecule has 18 rings (SSSR count). The van der Waals surface area contributed by atoms with Gasteiger partial charge in [-0.05, 0) is 158 Å². The summed E-state index contributed by atoms with van der Waals surface area (Å²) in [5, 5.41) is 10.1. The van der Waals surface area contributed by atoms with Crippen LogP contribution in [0.5, 0.6) is 0 Å². The van der Waals surface area contributed by atoms with Crippen LogP contribution in [0.1, 0.15) is 0 Å². The second-order valence-corrected chi connectivity index (χ2v) is 25.0. The van der Waals surface area contributed by atoms with Crippen molar-refractivity contribution in [3.63, 3.8) is 0 Å². The molecule has 0 aliphatic heterocycles. The summed E-state index contributed by atoms with van der Waals surface area (Å²) in [7, 11) is 0. The van der Waals surface area contributed by atoms with E-state index >= 15 is 0 Å². The van der Waals surface area contributed by atoms with E-state index < -0.39 is 0 Å². The smallest absolute Gasteiger partial charge is 0.160 e. The molecule has 6 heteroatoms. The van der Waals surface area contributed by atoms with Gasteiger partial charge in [0.15, 0.2) is 11.6 Å². The minimum atomic E-state index is 0.687. The highest BCUT2D eigenvalue weighted by atomic mass is 14.9. The lowest BCUT2D eigenvalue weighted by Gasteiger charge is -2.13. The highest BCUT2D eigenvalue weighted by Crippen LogP contribution is 2.40. The molecular weight excluding hydrogens is 1210 g/mol. The van der Waals surface area contributed by atoms with Crippen LogP contribution in [0.2, 0.25) is 0 Å². The molecule has 0 saturated carbocycles. The minimum Gasteiger partial charge on any atom is -0.264 e. The van der Waals surface area contributed by atoms with E-state index in [0.717, 1.165) is 101 Å². The molecule has 0 N–H and O–H groups in total. The predicted molar refractivity (Wildman–Crippen MR) is 415 cm³/mol. The fourth-order valence-electron chi connectivity index (χ4n) is 13.7. The maximum atomic E-state index is 5.19. The van der Waals surface area contributed by atoms with Gasteiger partial charge in [0.2, 0.25) is 0 Å². The van der Waals surface area contributed by atoms with Crippen LogP contribution < -0.4 is 0 Å². The van der Waals surface area contributed by atoms with Crippen LogP contribution >= 0.6 is 0 Å². The van der Waals surface area contributed by atoms with Crippen molar-refractivity contribution < 1.29 is 0 Å². The first kappa shape index (κ1) is 60.3. The van der Waals surface area contributed by atoms with E-state index in [0.29, 0.717) is 11.6 Å². The van der Waals surface area contributed by atoms with E-state index in [4.69, 9.17) is 19.9 Å². The molecule has 0 saturated heterocycles. The zero-order valence-electron chi connectivity index (χ0n) is 54.5. The van der Waals surface area contributed by atoms with Crippen LogP contribution in [-0.4, -0.2) is 29.9 Å². The van der Waals surface area contributed by atoms with Gasteiger partial charge < -0.3 is 0 Å². The Kier molecular flexibility index (Phi) is 16.3. The first-order chi connectivity index (χ1) is 49.5. The van der Waals surface area contributed by atoms with Crippen LogP contribution in [0.3, 0.4) is 0 Å². The van der Waals surface area contributed by atoms with Crippen molar-refractivity contribution in [1.82, 2.24) is 29.9 Å². The van der Waals surface area contributed by atoms with Crippen molar-refractivity contribution in [2.24, 2.45) is 0 Å². The molecule has 4 heterocycles. The molecule has 18 aromatic rings. The average Bonchev–Trinajstić information content (AvgIpc) is 0.747. The van der Waals surface area contributed by atoms with Crippen molar-refractivity contribution in [2.45, 2.75) is 0 Å². The monoisotopic (exact) mass is 1270 g/mol. The molecule has 0 aliphatic rings. The van der Waals surface area contributed by atoms with Crippen molar-refractivity contribution in [3.05, 3.63) is 377 Å².